The number of anilines is 1. The fourth-order valence-corrected chi connectivity index (χ4v) is 8.71. The summed E-state index contributed by atoms with van der Waals surface area (Å²) in [4.78, 5) is 21.2. The van der Waals surface area contributed by atoms with E-state index < -0.39 is 0 Å². The average molecular weight is 435 g/mol. The second-order valence-corrected chi connectivity index (χ2v) is 11.8. The van der Waals surface area contributed by atoms with Crippen LogP contribution in [0.2, 0.25) is 0 Å². The Kier molecular flexibility index (Phi) is 4.60. The molecule has 1 amide bonds. The van der Waals surface area contributed by atoms with E-state index in [0.29, 0.717) is 17.9 Å². The third kappa shape index (κ3) is 2.81. The average Bonchev–Trinajstić information content (AvgIpc) is 3.09. The van der Waals surface area contributed by atoms with Crippen molar-refractivity contribution in [3.05, 3.63) is 41.5 Å². The van der Waals surface area contributed by atoms with Crippen LogP contribution in [0.5, 0.6) is 0 Å². The summed E-state index contributed by atoms with van der Waals surface area (Å²) in [5.74, 6) is 2.56. The number of rotatable bonds is 1. The summed E-state index contributed by atoms with van der Waals surface area (Å²) in [6.07, 6.45) is 10.7. The Morgan fingerprint density at radius 1 is 1.03 bits per heavy atom. The van der Waals surface area contributed by atoms with Crippen molar-refractivity contribution in [1.82, 2.24) is 4.90 Å². The van der Waals surface area contributed by atoms with Gasteiger partial charge >= 0.3 is 0 Å². The molecule has 1 aromatic rings. The van der Waals surface area contributed by atoms with E-state index in [1.165, 1.54) is 31.2 Å². The van der Waals surface area contributed by atoms with Crippen molar-refractivity contribution in [2.45, 2.75) is 77.9 Å². The summed E-state index contributed by atoms with van der Waals surface area (Å²) >= 11 is 0. The fourth-order valence-electron chi connectivity index (χ4n) is 8.71. The van der Waals surface area contributed by atoms with Crippen LogP contribution in [0, 0.1) is 35.5 Å². The van der Waals surface area contributed by atoms with Crippen molar-refractivity contribution in [2.24, 2.45) is 28.6 Å². The van der Waals surface area contributed by atoms with Crippen LogP contribution in [0.25, 0.3) is 0 Å². The lowest BCUT2D eigenvalue weighted by atomic mass is 9.47. The first-order valence-electron chi connectivity index (χ1n) is 12.8. The summed E-state index contributed by atoms with van der Waals surface area (Å²) in [6.45, 7) is 8.03. The first-order chi connectivity index (χ1) is 15.3. The summed E-state index contributed by atoms with van der Waals surface area (Å²) < 4.78 is 0. The number of likely N-dealkylation sites (tertiary alicyclic amines) is 1. The smallest absolute Gasteiger partial charge is 0.222 e. The van der Waals surface area contributed by atoms with Crippen LogP contribution >= 0.6 is 0 Å². The van der Waals surface area contributed by atoms with E-state index in [9.17, 15) is 4.79 Å². The molecule has 6 rings (SSSR count). The Morgan fingerprint density at radius 3 is 2.59 bits per heavy atom. The highest BCUT2D eigenvalue weighted by atomic mass is 16.7. The molecule has 0 bridgehead atoms. The molecule has 7 atom stereocenters. The highest BCUT2D eigenvalue weighted by Gasteiger charge is 2.62. The van der Waals surface area contributed by atoms with Gasteiger partial charge in [-0.25, -0.2) is 5.06 Å². The lowest BCUT2D eigenvalue weighted by Crippen LogP contribution is -2.61. The normalized spacial score (nSPS) is 43.2. The van der Waals surface area contributed by atoms with Crippen LogP contribution in [0.1, 0.15) is 64.4 Å². The van der Waals surface area contributed by atoms with E-state index in [0.717, 1.165) is 43.3 Å². The molecule has 0 aromatic heterocycles. The number of fused-ring (bicyclic) bond motifs is 7. The Balaban J connectivity index is 1.26. The van der Waals surface area contributed by atoms with Gasteiger partial charge in [0.25, 0.3) is 0 Å². The van der Waals surface area contributed by atoms with Crippen LogP contribution in [-0.2, 0) is 9.63 Å². The zero-order valence-corrected chi connectivity index (χ0v) is 20.1. The molecule has 32 heavy (non-hydrogen) atoms. The molecule has 0 radical (unpaired) electrons. The number of hydroxylamine groups is 1. The monoisotopic (exact) mass is 434 g/mol. The molecule has 2 aliphatic heterocycles. The highest BCUT2D eigenvalue weighted by Crippen LogP contribution is 2.66. The largest absolute Gasteiger partial charge is 0.342 e. The van der Waals surface area contributed by atoms with E-state index in [4.69, 9.17) is 4.84 Å². The molecule has 0 spiro atoms. The van der Waals surface area contributed by atoms with Gasteiger partial charge in [-0.05, 0) is 91.7 Å². The minimum Gasteiger partial charge on any atom is -0.342 e. The highest BCUT2D eigenvalue weighted by molar-refractivity contribution is 5.77. The third-order valence-corrected chi connectivity index (χ3v) is 10.5. The third-order valence-electron chi connectivity index (χ3n) is 10.5. The first kappa shape index (κ1) is 20.8. The molecule has 3 saturated carbocycles. The number of nitrogens with zero attached hydrogens (tertiary/aromatic N) is 2. The molecule has 0 N–H and O–H groups in total. The molecule has 1 unspecified atom stereocenters. The standard InChI is InChI=1S/C28H38N2O2/c1-18-5-7-19(8-6-18)30-16-13-22-24(32-30)17-23-20-9-10-25-28(3,15-12-26(31)29(25)4)21(20)11-14-27(22,23)2/h5-8,13,20-21,23-25H,9-12,14-17H2,1-4H3/t20-,21+,23+,24-,25?,27-,28-/m1/s1. The lowest BCUT2D eigenvalue weighted by Gasteiger charge is -2.61. The van der Waals surface area contributed by atoms with Gasteiger partial charge in [0.15, 0.2) is 0 Å². The van der Waals surface area contributed by atoms with Gasteiger partial charge in [-0.1, -0.05) is 37.6 Å². The Labute approximate surface area is 192 Å². The van der Waals surface area contributed by atoms with Gasteiger partial charge in [0.2, 0.25) is 5.91 Å². The lowest BCUT2D eigenvalue weighted by molar-refractivity contribution is -0.156. The van der Waals surface area contributed by atoms with E-state index >= 15 is 0 Å². The van der Waals surface area contributed by atoms with Gasteiger partial charge in [0.05, 0.1) is 12.2 Å². The number of piperidine rings is 1. The number of aryl methyl sites for hydroxylation is 1. The Morgan fingerprint density at radius 2 is 1.81 bits per heavy atom. The maximum absolute atomic E-state index is 12.4. The van der Waals surface area contributed by atoms with E-state index in [2.05, 4.69) is 68.1 Å². The number of hydrogen-bond acceptors (Lipinski definition) is 3. The summed E-state index contributed by atoms with van der Waals surface area (Å²) in [5, 5.41) is 2.10. The summed E-state index contributed by atoms with van der Waals surface area (Å²) in [6, 6.07) is 9.13. The number of amides is 1. The molecular weight excluding hydrogens is 396 g/mol. The van der Waals surface area contributed by atoms with Crippen LogP contribution in [0.4, 0.5) is 5.69 Å². The van der Waals surface area contributed by atoms with Crippen molar-refractivity contribution < 1.29 is 9.63 Å². The van der Waals surface area contributed by atoms with E-state index in [-0.39, 0.29) is 16.9 Å². The first-order valence-corrected chi connectivity index (χ1v) is 12.8. The van der Waals surface area contributed by atoms with Crippen LogP contribution in [0.15, 0.2) is 35.9 Å². The predicted molar refractivity (Wildman–Crippen MR) is 127 cm³/mol. The Hall–Kier alpha value is -1.81. The van der Waals surface area contributed by atoms with Gasteiger partial charge < -0.3 is 4.90 Å². The fraction of sp³-hybridized carbons (Fsp3) is 0.679. The van der Waals surface area contributed by atoms with Gasteiger partial charge in [-0.15, -0.1) is 0 Å². The molecule has 1 aromatic carbocycles. The molecule has 3 aliphatic carbocycles. The van der Waals surface area contributed by atoms with Gasteiger partial charge in [0.1, 0.15) is 6.10 Å². The van der Waals surface area contributed by atoms with Crippen molar-refractivity contribution in [1.29, 1.82) is 0 Å². The molecule has 5 aliphatic rings. The van der Waals surface area contributed by atoms with E-state index in [1.807, 2.05) is 0 Å². The van der Waals surface area contributed by atoms with Crippen LogP contribution in [0.3, 0.4) is 0 Å². The minimum atomic E-state index is 0.222. The zero-order valence-electron chi connectivity index (χ0n) is 20.1. The zero-order chi connectivity index (χ0) is 22.3. The number of benzene rings is 1. The minimum absolute atomic E-state index is 0.222. The summed E-state index contributed by atoms with van der Waals surface area (Å²) in [7, 11) is 2.06. The van der Waals surface area contributed by atoms with E-state index in [1.54, 1.807) is 5.57 Å². The van der Waals surface area contributed by atoms with Crippen molar-refractivity contribution in [3.63, 3.8) is 0 Å². The number of hydrogen-bond donors (Lipinski definition) is 0. The topological polar surface area (TPSA) is 32.8 Å². The predicted octanol–water partition coefficient (Wildman–Crippen LogP) is 5.51. The molecule has 4 nitrogen and oxygen atoms in total. The van der Waals surface area contributed by atoms with Gasteiger partial charge in [0, 0.05) is 19.5 Å². The van der Waals surface area contributed by atoms with Gasteiger partial charge in [-0.2, -0.15) is 0 Å². The maximum Gasteiger partial charge on any atom is 0.222 e. The quantitative estimate of drug-likeness (QED) is 0.546. The second kappa shape index (κ2) is 7.09. The molecule has 4 fully saturated rings. The molecule has 4 heteroatoms. The Bertz CT molecular complexity index is 955. The number of carbonyl (C=O) groups excluding carboxylic acids is 1. The van der Waals surface area contributed by atoms with Crippen LogP contribution < -0.4 is 5.06 Å². The molecule has 172 valence electrons. The van der Waals surface area contributed by atoms with Crippen molar-refractivity contribution >= 4 is 11.6 Å². The SMILES string of the molecule is Cc1ccc(N2CC=C3[C@@H](C[C@H]4[C@@H]5CCC6N(C)C(=O)CC[C@]6(C)[C@H]5CC[C@]34C)O2)cc1. The molecule has 1 saturated heterocycles. The van der Waals surface area contributed by atoms with Gasteiger partial charge in [-0.3, -0.25) is 9.63 Å². The van der Waals surface area contributed by atoms with Crippen LogP contribution in [-0.4, -0.2) is 36.5 Å². The van der Waals surface area contributed by atoms with Crippen molar-refractivity contribution in [3.8, 4) is 0 Å². The molecule has 2 heterocycles. The number of carbonyl (C=O) groups is 1. The summed E-state index contributed by atoms with van der Waals surface area (Å²) in [5.41, 5.74) is 4.58. The van der Waals surface area contributed by atoms with Crippen molar-refractivity contribution in [2.75, 3.05) is 18.7 Å². The molecular formula is C28H38N2O2. The maximum atomic E-state index is 12.4. The second-order valence-electron chi connectivity index (χ2n) is 11.8.